The Hall–Kier alpha value is -2.20. The summed E-state index contributed by atoms with van der Waals surface area (Å²) in [6, 6.07) is 10.6. The number of aromatic nitrogens is 4. The monoisotopic (exact) mass is 336 g/mol. The minimum Gasteiger partial charge on any atom is -0.291 e. The molecule has 4 aromatic rings. The quantitative estimate of drug-likeness (QED) is 0.452. The van der Waals surface area contributed by atoms with E-state index in [4.69, 9.17) is 16.6 Å². The third-order valence-electron chi connectivity index (χ3n) is 5.17. The van der Waals surface area contributed by atoms with Crippen LogP contribution in [0.4, 0.5) is 0 Å². The van der Waals surface area contributed by atoms with Crippen LogP contribution in [0, 0.1) is 0 Å². The number of para-hydroxylation sites is 1. The minimum atomic E-state index is 0.428. The largest absolute Gasteiger partial charge is 0.291 e. The van der Waals surface area contributed by atoms with Crippen molar-refractivity contribution in [2.75, 3.05) is 0 Å². The average molecular weight is 337 g/mol. The van der Waals surface area contributed by atoms with Gasteiger partial charge in [0.15, 0.2) is 10.8 Å². The minimum absolute atomic E-state index is 0.428. The summed E-state index contributed by atoms with van der Waals surface area (Å²) in [5.74, 6) is 0.492. The van der Waals surface area contributed by atoms with Crippen molar-refractivity contribution in [2.24, 2.45) is 0 Å². The summed E-state index contributed by atoms with van der Waals surface area (Å²) in [5, 5.41) is 1.63. The molecule has 0 amide bonds. The van der Waals surface area contributed by atoms with E-state index in [2.05, 4.69) is 44.7 Å². The summed E-state index contributed by atoms with van der Waals surface area (Å²) in [4.78, 5) is 13.6. The number of hydrogen-bond donors (Lipinski definition) is 0. The highest BCUT2D eigenvalue weighted by molar-refractivity contribution is 6.33. The number of nitrogens with zero attached hydrogens (tertiary/aromatic N) is 4. The fourth-order valence-electron chi connectivity index (χ4n) is 4.03. The van der Waals surface area contributed by atoms with Crippen LogP contribution in [0.5, 0.6) is 0 Å². The van der Waals surface area contributed by atoms with Crippen LogP contribution in [0.1, 0.15) is 43.7 Å². The van der Waals surface area contributed by atoms with Crippen molar-refractivity contribution >= 4 is 39.2 Å². The molecule has 0 atom stereocenters. The van der Waals surface area contributed by atoms with Gasteiger partial charge in [0.1, 0.15) is 11.8 Å². The van der Waals surface area contributed by atoms with Crippen molar-refractivity contribution < 1.29 is 0 Å². The maximum atomic E-state index is 6.36. The van der Waals surface area contributed by atoms with Gasteiger partial charge in [0.2, 0.25) is 0 Å². The summed E-state index contributed by atoms with van der Waals surface area (Å²) in [7, 11) is 0. The van der Waals surface area contributed by atoms with E-state index >= 15 is 0 Å². The predicted molar refractivity (Wildman–Crippen MR) is 96.6 cm³/mol. The molecule has 0 bridgehead atoms. The molecule has 0 radical (unpaired) electrons. The van der Waals surface area contributed by atoms with Crippen LogP contribution >= 0.6 is 11.6 Å². The van der Waals surface area contributed by atoms with E-state index in [1.807, 2.05) is 0 Å². The lowest BCUT2D eigenvalue weighted by Gasteiger charge is -2.22. The second-order valence-electron chi connectivity index (χ2n) is 6.59. The van der Waals surface area contributed by atoms with Crippen molar-refractivity contribution in [1.82, 2.24) is 19.4 Å². The molecular formula is C19H17ClN4. The lowest BCUT2D eigenvalue weighted by molar-refractivity contribution is 0.439. The van der Waals surface area contributed by atoms with Crippen LogP contribution in [-0.2, 0) is 0 Å². The van der Waals surface area contributed by atoms with E-state index in [-0.39, 0.29) is 0 Å². The molecule has 1 fully saturated rings. The molecule has 0 N–H and O–H groups in total. The molecule has 24 heavy (non-hydrogen) atoms. The summed E-state index contributed by atoms with van der Waals surface area (Å²) >= 11 is 6.36. The Morgan fingerprint density at radius 1 is 1.00 bits per heavy atom. The van der Waals surface area contributed by atoms with Crippen molar-refractivity contribution in [3.63, 3.8) is 0 Å². The zero-order valence-corrected chi connectivity index (χ0v) is 14.0. The zero-order valence-electron chi connectivity index (χ0n) is 13.2. The van der Waals surface area contributed by atoms with Gasteiger partial charge in [-0.05, 0) is 25.0 Å². The third-order valence-corrected chi connectivity index (χ3v) is 5.44. The molecule has 5 rings (SSSR count). The Labute approximate surface area is 144 Å². The number of hydrogen-bond acceptors (Lipinski definition) is 3. The van der Waals surface area contributed by atoms with E-state index < -0.39 is 0 Å². The first-order chi connectivity index (χ1) is 11.8. The average Bonchev–Trinajstić information content (AvgIpc) is 3.02. The van der Waals surface area contributed by atoms with Crippen LogP contribution in [-0.4, -0.2) is 19.4 Å². The maximum absolute atomic E-state index is 6.36. The summed E-state index contributed by atoms with van der Waals surface area (Å²) in [6.45, 7) is 0. The molecule has 3 aromatic heterocycles. The maximum Gasteiger partial charge on any atom is 0.168 e. The lowest BCUT2D eigenvalue weighted by Crippen LogP contribution is -2.10. The fourth-order valence-corrected chi connectivity index (χ4v) is 4.20. The molecule has 0 spiro atoms. The van der Waals surface area contributed by atoms with Crippen molar-refractivity contribution in [3.05, 3.63) is 47.5 Å². The van der Waals surface area contributed by atoms with Crippen LogP contribution < -0.4 is 0 Å². The van der Waals surface area contributed by atoms with E-state index in [1.165, 1.54) is 43.8 Å². The van der Waals surface area contributed by atoms with Gasteiger partial charge in [0.25, 0.3) is 0 Å². The van der Waals surface area contributed by atoms with Gasteiger partial charge < -0.3 is 0 Å². The molecule has 5 heteroatoms. The van der Waals surface area contributed by atoms with Gasteiger partial charge in [0, 0.05) is 11.3 Å². The first kappa shape index (κ1) is 14.2. The molecular weight excluding hydrogens is 320 g/mol. The van der Waals surface area contributed by atoms with Gasteiger partial charge in [-0.2, -0.15) is 0 Å². The smallest absolute Gasteiger partial charge is 0.168 e. The van der Waals surface area contributed by atoms with Gasteiger partial charge in [-0.3, -0.25) is 4.40 Å². The number of rotatable bonds is 1. The SMILES string of the molecule is Clc1ncnc2c1nc(C1CCCCC1)c1cc3ccccc3n12. The summed E-state index contributed by atoms with van der Waals surface area (Å²) in [5.41, 5.74) is 4.94. The first-order valence-electron chi connectivity index (χ1n) is 8.53. The second kappa shape index (κ2) is 5.42. The predicted octanol–water partition coefficient (Wildman–Crippen LogP) is 5.13. The van der Waals surface area contributed by atoms with Crippen molar-refractivity contribution in [3.8, 4) is 0 Å². The molecule has 0 aliphatic heterocycles. The van der Waals surface area contributed by atoms with E-state index in [0.29, 0.717) is 16.6 Å². The fraction of sp³-hybridized carbons (Fsp3) is 0.316. The summed E-state index contributed by atoms with van der Waals surface area (Å²) in [6.07, 6.45) is 7.78. The standard InChI is InChI=1S/C19H17ClN4/c20-18-17-19(22-11-21-18)24-14-9-5-4-8-13(14)10-15(24)16(23-17)12-6-2-1-3-7-12/h4-5,8-12H,1-3,6-7H2. The highest BCUT2D eigenvalue weighted by Crippen LogP contribution is 2.37. The molecule has 0 saturated heterocycles. The molecule has 4 nitrogen and oxygen atoms in total. The highest BCUT2D eigenvalue weighted by Gasteiger charge is 2.23. The van der Waals surface area contributed by atoms with Gasteiger partial charge in [-0.1, -0.05) is 49.1 Å². The van der Waals surface area contributed by atoms with Gasteiger partial charge in [0.05, 0.1) is 16.7 Å². The molecule has 3 heterocycles. The van der Waals surface area contributed by atoms with Crippen LogP contribution in [0.2, 0.25) is 5.15 Å². The highest BCUT2D eigenvalue weighted by atomic mass is 35.5. The van der Waals surface area contributed by atoms with Gasteiger partial charge in [-0.15, -0.1) is 0 Å². The first-order valence-corrected chi connectivity index (χ1v) is 8.91. The number of halogens is 1. The number of fused-ring (bicyclic) bond motifs is 5. The Morgan fingerprint density at radius 3 is 2.71 bits per heavy atom. The molecule has 120 valence electrons. The van der Waals surface area contributed by atoms with E-state index in [0.717, 1.165) is 22.4 Å². The Bertz CT molecular complexity index is 1060. The van der Waals surface area contributed by atoms with Gasteiger partial charge >= 0.3 is 0 Å². The number of benzene rings is 1. The van der Waals surface area contributed by atoms with Crippen molar-refractivity contribution in [1.29, 1.82) is 0 Å². The van der Waals surface area contributed by atoms with Crippen LogP contribution in [0.25, 0.3) is 27.6 Å². The summed E-state index contributed by atoms with van der Waals surface area (Å²) < 4.78 is 2.20. The zero-order chi connectivity index (χ0) is 16.1. The van der Waals surface area contributed by atoms with E-state index in [1.54, 1.807) is 0 Å². The molecule has 1 aliphatic carbocycles. The normalized spacial score (nSPS) is 16.4. The lowest BCUT2D eigenvalue weighted by atomic mass is 9.86. The molecule has 0 unspecified atom stereocenters. The second-order valence-corrected chi connectivity index (χ2v) is 6.95. The third kappa shape index (κ3) is 2.02. The van der Waals surface area contributed by atoms with Crippen LogP contribution in [0.3, 0.4) is 0 Å². The topological polar surface area (TPSA) is 43.1 Å². The Morgan fingerprint density at radius 2 is 1.83 bits per heavy atom. The van der Waals surface area contributed by atoms with Gasteiger partial charge in [-0.25, -0.2) is 15.0 Å². The van der Waals surface area contributed by atoms with Crippen LogP contribution in [0.15, 0.2) is 36.7 Å². The van der Waals surface area contributed by atoms with E-state index in [9.17, 15) is 0 Å². The van der Waals surface area contributed by atoms with Crippen molar-refractivity contribution in [2.45, 2.75) is 38.0 Å². The molecule has 1 aromatic carbocycles. The molecule has 1 aliphatic rings. The Kier molecular flexibility index (Phi) is 3.20. The Balaban J connectivity index is 1.94. The molecule has 1 saturated carbocycles.